The van der Waals surface area contributed by atoms with Crippen molar-refractivity contribution in [3.8, 4) is 5.69 Å². The predicted octanol–water partition coefficient (Wildman–Crippen LogP) is 4.65. The monoisotopic (exact) mass is 425 g/mol. The van der Waals surface area contributed by atoms with Crippen molar-refractivity contribution in [1.29, 1.82) is 5.41 Å². The zero-order chi connectivity index (χ0) is 21.4. The van der Waals surface area contributed by atoms with Crippen molar-refractivity contribution in [2.75, 3.05) is 0 Å². The first kappa shape index (κ1) is 19.3. The van der Waals surface area contributed by atoms with Crippen LogP contribution in [-0.4, -0.2) is 31.5 Å². The summed E-state index contributed by atoms with van der Waals surface area (Å²) >= 11 is 1.34. The Balaban J connectivity index is 1.44. The smallest absolute Gasteiger partial charge is 0.283 e. The van der Waals surface area contributed by atoms with Gasteiger partial charge in [0.05, 0.1) is 5.57 Å². The number of amides is 1. The number of benzene rings is 2. The average molecular weight is 426 g/mol. The third-order valence-electron chi connectivity index (χ3n) is 5.08. The Morgan fingerprint density at radius 2 is 1.81 bits per heavy atom. The number of thioether (sulfide) groups is 1. The molecule has 0 unspecified atom stereocenters. The molecule has 7 heteroatoms. The number of hydrogen-bond donors (Lipinski definition) is 1. The molecule has 3 aromatic rings. The Kier molecular flexibility index (Phi) is 4.88. The number of nitrogens with zero attached hydrogens (tertiary/aromatic N) is 4. The molecule has 0 spiro atoms. The van der Waals surface area contributed by atoms with Gasteiger partial charge in [-0.05, 0) is 54.6 Å². The van der Waals surface area contributed by atoms with Crippen molar-refractivity contribution >= 4 is 39.8 Å². The molecule has 0 bridgehead atoms. The number of fused-ring (bicyclic) bond motifs is 1. The number of nitrogens with one attached hydrogen (secondary N) is 1. The number of rotatable bonds is 4. The molecule has 2 aromatic carbocycles. The maximum absolute atomic E-state index is 12.7. The molecule has 31 heavy (non-hydrogen) atoms. The van der Waals surface area contributed by atoms with Gasteiger partial charge >= 0.3 is 0 Å². The van der Waals surface area contributed by atoms with Crippen molar-refractivity contribution in [1.82, 2.24) is 9.58 Å². The van der Waals surface area contributed by atoms with E-state index in [0.717, 1.165) is 22.0 Å². The van der Waals surface area contributed by atoms with E-state index in [-0.39, 0.29) is 11.4 Å². The van der Waals surface area contributed by atoms with Crippen molar-refractivity contribution in [2.45, 2.75) is 13.3 Å². The van der Waals surface area contributed by atoms with Crippen LogP contribution in [0.1, 0.15) is 16.8 Å². The third kappa shape index (κ3) is 3.75. The van der Waals surface area contributed by atoms with Gasteiger partial charge in [-0.1, -0.05) is 48.0 Å². The lowest BCUT2D eigenvalue weighted by Crippen LogP contribution is -2.35. The zero-order valence-corrected chi connectivity index (χ0v) is 17.6. The van der Waals surface area contributed by atoms with Crippen LogP contribution in [-0.2, 0) is 11.2 Å². The number of carbonyl (C=O) groups excluding carboxylic acids is 1. The minimum Gasteiger partial charge on any atom is -0.317 e. The average Bonchev–Trinajstić information content (AvgIpc) is 3.39. The summed E-state index contributed by atoms with van der Waals surface area (Å²) in [6.07, 6.45) is 4.28. The van der Waals surface area contributed by atoms with Gasteiger partial charge in [0.2, 0.25) is 5.17 Å². The van der Waals surface area contributed by atoms with Crippen LogP contribution in [0, 0.1) is 12.3 Å². The highest BCUT2D eigenvalue weighted by atomic mass is 32.2. The molecule has 5 rings (SSSR count). The van der Waals surface area contributed by atoms with Crippen LogP contribution in [0.5, 0.6) is 0 Å². The lowest BCUT2D eigenvalue weighted by Gasteiger charge is -2.20. The molecule has 0 saturated carbocycles. The van der Waals surface area contributed by atoms with E-state index in [1.165, 1.54) is 22.3 Å². The Labute approximate surface area is 184 Å². The van der Waals surface area contributed by atoms with Gasteiger partial charge in [0.1, 0.15) is 5.04 Å². The Morgan fingerprint density at radius 1 is 1.03 bits per heavy atom. The second-order valence-corrected chi connectivity index (χ2v) is 8.36. The molecule has 1 amide bonds. The number of aromatic nitrogens is 1. The zero-order valence-electron chi connectivity index (χ0n) is 16.8. The van der Waals surface area contributed by atoms with Gasteiger partial charge in [-0.15, -0.1) is 0 Å². The molecule has 1 N–H and O–H groups in total. The molecule has 3 heterocycles. The fourth-order valence-electron chi connectivity index (χ4n) is 3.47. The van der Waals surface area contributed by atoms with Gasteiger partial charge in [0, 0.05) is 24.0 Å². The van der Waals surface area contributed by atoms with E-state index in [9.17, 15) is 4.79 Å². The second-order valence-electron chi connectivity index (χ2n) is 7.31. The van der Waals surface area contributed by atoms with Crippen molar-refractivity contribution in [3.63, 3.8) is 0 Å². The molecule has 0 saturated heterocycles. The summed E-state index contributed by atoms with van der Waals surface area (Å²) in [5.74, 6) is -0.376. The normalized spacial score (nSPS) is 17.1. The highest BCUT2D eigenvalue weighted by Gasteiger charge is 2.35. The summed E-state index contributed by atoms with van der Waals surface area (Å²) in [4.78, 5) is 16.9. The van der Waals surface area contributed by atoms with Crippen molar-refractivity contribution < 1.29 is 4.79 Å². The minimum absolute atomic E-state index is 0.0437. The van der Waals surface area contributed by atoms with Crippen LogP contribution in [0.25, 0.3) is 11.8 Å². The first-order valence-corrected chi connectivity index (χ1v) is 10.7. The lowest BCUT2D eigenvalue weighted by atomic mass is 10.1. The van der Waals surface area contributed by atoms with Crippen LogP contribution in [0.3, 0.4) is 0 Å². The summed E-state index contributed by atoms with van der Waals surface area (Å²) in [6, 6.07) is 22.0. The summed E-state index contributed by atoms with van der Waals surface area (Å²) in [5.41, 5.74) is 4.31. The van der Waals surface area contributed by atoms with Gasteiger partial charge in [0.25, 0.3) is 5.91 Å². The molecule has 2 aliphatic heterocycles. The SMILES string of the molecule is Cc1ccc(-n2cccc2/C=C2/C(=N)N3N=C(Cc4ccccc4)SC3=NC2=O)cc1. The first-order valence-electron chi connectivity index (χ1n) is 9.86. The standard InChI is InChI=1S/C24H19N5OS/c1-16-9-11-18(12-10-16)28-13-5-8-19(28)15-20-22(25)29-24(26-23(20)30)31-21(27-29)14-17-6-3-2-4-7-17/h2-13,15,25H,14H2,1H3/b20-15-,25-22?. The molecule has 6 nitrogen and oxygen atoms in total. The van der Waals surface area contributed by atoms with Crippen LogP contribution in [0.2, 0.25) is 0 Å². The largest absolute Gasteiger partial charge is 0.317 e. The molecule has 152 valence electrons. The molecule has 0 aliphatic carbocycles. The number of hydrogen-bond acceptors (Lipinski definition) is 4. The predicted molar refractivity (Wildman–Crippen MR) is 126 cm³/mol. The van der Waals surface area contributed by atoms with E-state index in [0.29, 0.717) is 11.6 Å². The number of aryl methyl sites for hydroxylation is 1. The van der Waals surface area contributed by atoms with Crippen LogP contribution < -0.4 is 0 Å². The highest BCUT2D eigenvalue weighted by Crippen LogP contribution is 2.30. The molecule has 1 aromatic heterocycles. The van der Waals surface area contributed by atoms with E-state index in [1.807, 2.05) is 84.4 Å². The van der Waals surface area contributed by atoms with Gasteiger partial charge < -0.3 is 4.57 Å². The van der Waals surface area contributed by atoms with E-state index in [1.54, 1.807) is 6.08 Å². The summed E-state index contributed by atoms with van der Waals surface area (Å²) in [5, 5.41) is 15.9. The summed E-state index contributed by atoms with van der Waals surface area (Å²) in [6.45, 7) is 2.04. The number of aliphatic imine (C=N–C) groups is 1. The number of amidine groups is 2. The fraction of sp³-hybridized carbons (Fsp3) is 0.0833. The Hall–Kier alpha value is -3.71. The van der Waals surface area contributed by atoms with E-state index < -0.39 is 5.91 Å². The topological polar surface area (TPSA) is 73.8 Å². The van der Waals surface area contributed by atoms with E-state index >= 15 is 0 Å². The van der Waals surface area contributed by atoms with Gasteiger partial charge in [0.15, 0.2) is 5.84 Å². The first-order chi connectivity index (χ1) is 15.1. The molecule has 2 aliphatic rings. The number of carbonyl (C=O) groups is 1. The third-order valence-corrected chi connectivity index (χ3v) is 5.99. The second kappa shape index (κ2) is 7.85. The van der Waals surface area contributed by atoms with Crippen molar-refractivity contribution in [2.24, 2.45) is 10.1 Å². The molecule has 0 radical (unpaired) electrons. The van der Waals surface area contributed by atoms with Gasteiger partial charge in [-0.2, -0.15) is 15.1 Å². The fourth-order valence-corrected chi connectivity index (χ4v) is 4.39. The lowest BCUT2D eigenvalue weighted by molar-refractivity contribution is -0.114. The molecule has 0 fully saturated rings. The van der Waals surface area contributed by atoms with Crippen molar-refractivity contribution in [3.05, 3.63) is 95.3 Å². The molecular weight excluding hydrogens is 406 g/mol. The maximum atomic E-state index is 12.7. The van der Waals surface area contributed by atoms with E-state index in [2.05, 4.69) is 10.1 Å². The maximum Gasteiger partial charge on any atom is 0.283 e. The molecule has 0 atom stereocenters. The van der Waals surface area contributed by atoms with Crippen LogP contribution in [0.15, 0.2) is 88.6 Å². The minimum atomic E-state index is -0.420. The van der Waals surface area contributed by atoms with E-state index in [4.69, 9.17) is 5.41 Å². The van der Waals surface area contributed by atoms with Crippen LogP contribution >= 0.6 is 11.8 Å². The number of hydrazone groups is 1. The van der Waals surface area contributed by atoms with Gasteiger partial charge in [-0.25, -0.2) is 0 Å². The Bertz CT molecular complexity index is 1270. The Morgan fingerprint density at radius 3 is 2.58 bits per heavy atom. The quantitative estimate of drug-likeness (QED) is 0.619. The summed E-state index contributed by atoms with van der Waals surface area (Å²) < 4.78 is 1.98. The summed E-state index contributed by atoms with van der Waals surface area (Å²) in [7, 11) is 0. The van der Waals surface area contributed by atoms with Crippen LogP contribution in [0.4, 0.5) is 0 Å². The highest BCUT2D eigenvalue weighted by molar-refractivity contribution is 8.26. The molecular formula is C24H19N5OS. The van der Waals surface area contributed by atoms with Gasteiger partial charge in [-0.3, -0.25) is 10.2 Å².